The Labute approximate surface area is 162 Å². The first-order chi connectivity index (χ1) is 13.5. The first-order valence-electron chi connectivity index (χ1n) is 8.30. The lowest BCUT2D eigenvalue weighted by Gasteiger charge is -2.11. The Balaban J connectivity index is 1.78. The molecule has 1 aromatic heterocycles. The minimum Gasteiger partial charge on any atom is -0.346 e. The zero-order valence-electron chi connectivity index (χ0n) is 14.7. The Morgan fingerprint density at radius 3 is 2.57 bits per heavy atom. The maximum absolute atomic E-state index is 12.7. The molecule has 0 atom stereocenters. The number of amides is 1. The summed E-state index contributed by atoms with van der Waals surface area (Å²) in [6.07, 6.45) is 1.62. The number of pyridine rings is 1. The van der Waals surface area contributed by atoms with Crippen molar-refractivity contribution in [2.45, 2.75) is 11.4 Å². The molecule has 0 unspecified atom stereocenters. The fraction of sp³-hybridized carbons (Fsp3) is 0.0500. The van der Waals surface area contributed by atoms with Crippen molar-refractivity contribution >= 4 is 21.6 Å². The van der Waals surface area contributed by atoms with Crippen molar-refractivity contribution in [3.63, 3.8) is 0 Å². The molecule has 8 heteroatoms. The maximum atomic E-state index is 12.7. The fourth-order valence-electron chi connectivity index (χ4n) is 2.45. The number of nitriles is 1. The van der Waals surface area contributed by atoms with Gasteiger partial charge in [0.15, 0.2) is 0 Å². The highest BCUT2D eigenvalue weighted by Gasteiger charge is 2.18. The number of carbonyl (C=O) groups excluding carboxylic acids is 1. The molecule has 7 nitrogen and oxygen atoms in total. The van der Waals surface area contributed by atoms with Crippen LogP contribution in [0.5, 0.6) is 0 Å². The second-order valence-corrected chi connectivity index (χ2v) is 7.48. The van der Waals surface area contributed by atoms with E-state index in [0.29, 0.717) is 5.69 Å². The summed E-state index contributed by atoms with van der Waals surface area (Å²) in [4.78, 5) is 16.4. The van der Waals surface area contributed by atoms with Gasteiger partial charge in [-0.3, -0.25) is 14.5 Å². The van der Waals surface area contributed by atoms with Crippen molar-refractivity contribution < 1.29 is 13.2 Å². The molecule has 1 amide bonds. The van der Waals surface area contributed by atoms with Gasteiger partial charge in [0.05, 0.1) is 28.4 Å². The largest absolute Gasteiger partial charge is 0.346 e. The number of hydrogen-bond donors (Lipinski definition) is 2. The standard InChI is InChI=1S/C20H16N4O3S/c21-13-16-6-1-2-10-19(16)24-28(26,27)18-9-5-7-15(12-18)20(25)23-14-17-8-3-4-11-22-17/h1-12,24H,14H2,(H,23,25). The highest BCUT2D eigenvalue weighted by Crippen LogP contribution is 2.20. The second kappa shape index (κ2) is 8.33. The van der Waals surface area contributed by atoms with Gasteiger partial charge in [0.1, 0.15) is 6.07 Å². The number of nitrogens with one attached hydrogen (secondary N) is 2. The normalized spacial score (nSPS) is 10.7. The van der Waals surface area contributed by atoms with E-state index in [0.717, 1.165) is 0 Å². The summed E-state index contributed by atoms with van der Waals surface area (Å²) >= 11 is 0. The molecule has 140 valence electrons. The molecule has 3 aromatic rings. The predicted molar refractivity (Wildman–Crippen MR) is 104 cm³/mol. The topological polar surface area (TPSA) is 112 Å². The van der Waals surface area contributed by atoms with E-state index in [9.17, 15) is 13.2 Å². The monoisotopic (exact) mass is 392 g/mol. The second-order valence-electron chi connectivity index (χ2n) is 5.79. The summed E-state index contributed by atoms with van der Waals surface area (Å²) in [7, 11) is -3.96. The molecule has 0 aliphatic rings. The van der Waals surface area contributed by atoms with Crippen LogP contribution in [-0.2, 0) is 16.6 Å². The van der Waals surface area contributed by atoms with Crippen LogP contribution in [0.4, 0.5) is 5.69 Å². The van der Waals surface area contributed by atoms with E-state index < -0.39 is 15.9 Å². The van der Waals surface area contributed by atoms with Crippen LogP contribution in [0.25, 0.3) is 0 Å². The smallest absolute Gasteiger partial charge is 0.261 e. The number of para-hydroxylation sites is 1. The lowest BCUT2D eigenvalue weighted by atomic mass is 10.2. The van der Waals surface area contributed by atoms with Gasteiger partial charge >= 0.3 is 0 Å². The van der Waals surface area contributed by atoms with Gasteiger partial charge in [-0.25, -0.2) is 8.42 Å². The van der Waals surface area contributed by atoms with Crippen LogP contribution in [0.3, 0.4) is 0 Å². The van der Waals surface area contributed by atoms with Gasteiger partial charge < -0.3 is 5.32 Å². The van der Waals surface area contributed by atoms with Gasteiger partial charge in [0.25, 0.3) is 15.9 Å². The molecule has 28 heavy (non-hydrogen) atoms. The molecule has 2 aromatic carbocycles. The molecule has 3 rings (SSSR count). The third-order valence-electron chi connectivity index (χ3n) is 3.85. The van der Waals surface area contributed by atoms with Crippen LogP contribution in [0.1, 0.15) is 21.6 Å². The zero-order chi connectivity index (χ0) is 20.0. The molecule has 2 N–H and O–H groups in total. The number of nitrogens with zero attached hydrogens (tertiary/aromatic N) is 2. The molecular weight excluding hydrogens is 376 g/mol. The number of benzene rings is 2. The van der Waals surface area contributed by atoms with Gasteiger partial charge in [-0.05, 0) is 42.5 Å². The molecule has 0 bridgehead atoms. The van der Waals surface area contributed by atoms with Crippen LogP contribution in [-0.4, -0.2) is 19.3 Å². The van der Waals surface area contributed by atoms with Crippen molar-refractivity contribution in [3.8, 4) is 6.07 Å². The summed E-state index contributed by atoms with van der Waals surface area (Å²) in [6, 6.07) is 19.3. The SMILES string of the molecule is N#Cc1ccccc1NS(=O)(=O)c1cccc(C(=O)NCc2ccccn2)c1. The van der Waals surface area contributed by atoms with Crippen molar-refractivity contribution in [1.29, 1.82) is 5.26 Å². The average Bonchev–Trinajstić information content (AvgIpc) is 2.73. The molecule has 0 spiro atoms. The molecule has 0 fully saturated rings. The molecule has 0 aliphatic heterocycles. The number of anilines is 1. The maximum Gasteiger partial charge on any atom is 0.261 e. The number of aromatic nitrogens is 1. The highest BCUT2D eigenvalue weighted by molar-refractivity contribution is 7.92. The van der Waals surface area contributed by atoms with Crippen LogP contribution < -0.4 is 10.0 Å². The zero-order valence-corrected chi connectivity index (χ0v) is 15.5. The Morgan fingerprint density at radius 1 is 1.04 bits per heavy atom. The Morgan fingerprint density at radius 2 is 1.82 bits per heavy atom. The lowest BCUT2D eigenvalue weighted by Crippen LogP contribution is -2.23. The van der Waals surface area contributed by atoms with E-state index in [4.69, 9.17) is 5.26 Å². The van der Waals surface area contributed by atoms with E-state index in [1.54, 1.807) is 30.5 Å². The highest BCUT2D eigenvalue weighted by atomic mass is 32.2. The summed E-state index contributed by atoms with van der Waals surface area (Å²) in [5, 5.41) is 11.8. The van der Waals surface area contributed by atoms with Gasteiger partial charge in [0, 0.05) is 11.8 Å². The predicted octanol–water partition coefficient (Wildman–Crippen LogP) is 2.68. The quantitative estimate of drug-likeness (QED) is 0.670. The third-order valence-corrected chi connectivity index (χ3v) is 5.22. The third kappa shape index (κ3) is 4.52. The van der Waals surface area contributed by atoms with Crippen molar-refractivity contribution in [2.24, 2.45) is 0 Å². The molecule has 0 saturated carbocycles. The minimum atomic E-state index is -3.96. The molecule has 0 radical (unpaired) electrons. The van der Waals surface area contributed by atoms with Gasteiger partial charge in [-0.2, -0.15) is 5.26 Å². The van der Waals surface area contributed by atoms with Crippen molar-refractivity contribution in [2.75, 3.05) is 4.72 Å². The summed E-state index contributed by atoms with van der Waals surface area (Å²) in [5.41, 5.74) is 1.27. The van der Waals surface area contributed by atoms with Gasteiger partial charge in [-0.1, -0.05) is 24.3 Å². The van der Waals surface area contributed by atoms with E-state index in [1.165, 1.54) is 36.4 Å². The van der Waals surface area contributed by atoms with E-state index in [2.05, 4.69) is 15.0 Å². The minimum absolute atomic E-state index is 0.0780. The van der Waals surface area contributed by atoms with Crippen LogP contribution in [0.15, 0.2) is 77.8 Å². The Hall–Kier alpha value is -3.70. The average molecular weight is 392 g/mol. The van der Waals surface area contributed by atoms with E-state index in [-0.39, 0.29) is 28.3 Å². The van der Waals surface area contributed by atoms with Crippen LogP contribution in [0.2, 0.25) is 0 Å². The number of hydrogen-bond acceptors (Lipinski definition) is 5. The van der Waals surface area contributed by atoms with E-state index >= 15 is 0 Å². The fourth-order valence-corrected chi connectivity index (χ4v) is 3.58. The first-order valence-corrected chi connectivity index (χ1v) is 9.78. The number of sulfonamides is 1. The Kier molecular flexibility index (Phi) is 5.67. The van der Waals surface area contributed by atoms with Crippen molar-refractivity contribution in [1.82, 2.24) is 10.3 Å². The molecule has 0 saturated heterocycles. The molecular formula is C20H16N4O3S. The van der Waals surface area contributed by atoms with Crippen LogP contribution >= 0.6 is 0 Å². The molecule has 0 aliphatic carbocycles. The first kappa shape index (κ1) is 19.1. The van der Waals surface area contributed by atoms with Gasteiger partial charge in [0.2, 0.25) is 0 Å². The van der Waals surface area contributed by atoms with Crippen molar-refractivity contribution in [3.05, 3.63) is 89.7 Å². The lowest BCUT2D eigenvalue weighted by molar-refractivity contribution is 0.0950. The summed E-state index contributed by atoms with van der Waals surface area (Å²) in [5.74, 6) is -0.417. The number of carbonyl (C=O) groups is 1. The van der Waals surface area contributed by atoms with Gasteiger partial charge in [-0.15, -0.1) is 0 Å². The van der Waals surface area contributed by atoms with Crippen LogP contribution in [0, 0.1) is 11.3 Å². The Bertz CT molecular complexity index is 1140. The van der Waals surface area contributed by atoms with E-state index in [1.807, 2.05) is 12.1 Å². The summed E-state index contributed by atoms with van der Waals surface area (Å²) in [6.45, 7) is 0.227. The molecule has 1 heterocycles. The number of rotatable bonds is 6. The summed E-state index contributed by atoms with van der Waals surface area (Å²) < 4.78 is 27.7.